The van der Waals surface area contributed by atoms with Gasteiger partial charge in [0, 0.05) is 5.56 Å². The molecule has 1 aliphatic carbocycles. The molecule has 1 atom stereocenters. The van der Waals surface area contributed by atoms with Gasteiger partial charge in [0.1, 0.15) is 0 Å². The fourth-order valence-electron chi connectivity index (χ4n) is 2.66. The molecule has 1 N–H and O–H groups in total. The average Bonchev–Trinajstić information content (AvgIpc) is 2.91. The van der Waals surface area contributed by atoms with E-state index in [9.17, 15) is 5.11 Å². The van der Waals surface area contributed by atoms with Gasteiger partial charge < -0.3 is 14.6 Å². The molecule has 3 nitrogen and oxygen atoms in total. The van der Waals surface area contributed by atoms with E-state index in [1.165, 1.54) is 12.8 Å². The minimum Gasteiger partial charge on any atom is -0.493 e. The van der Waals surface area contributed by atoms with E-state index in [1.807, 2.05) is 6.07 Å². The van der Waals surface area contributed by atoms with Crippen molar-refractivity contribution in [2.45, 2.75) is 31.8 Å². The molecule has 1 fully saturated rings. The number of halogens is 1. The molecule has 1 aliphatic rings. The number of methoxy groups -OCH3 is 2. The highest BCUT2D eigenvalue weighted by Crippen LogP contribution is 2.44. The number of ether oxygens (including phenoxy) is 2. The van der Waals surface area contributed by atoms with E-state index < -0.39 is 6.10 Å². The van der Waals surface area contributed by atoms with Gasteiger partial charge in [-0.15, -0.1) is 0 Å². The molecule has 0 bridgehead atoms. The number of aliphatic hydroxyl groups excluding tert-OH is 1. The fourth-order valence-corrected chi connectivity index (χ4v) is 3.01. The van der Waals surface area contributed by atoms with Crippen molar-refractivity contribution in [1.82, 2.24) is 0 Å². The van der Waals surface area contributed by atoms with Gasteiger partial charge >= 0.3 is 0 Å². The van der Waals surface area contributed by atoms with Crippen LogP contribution < -0.4 is 9.47 Å². The molecule has 0 aromatic heterocycles. The van der Waals surface area contributed by atoms with Crippen LogP contribution in [0.25, 0.3) is 0 Å². The molecule has 0 spiro atoms. The number of aliphatic hydroxyl groups is 1. The minimum absolute atomic E-state index is 0.306. The Bertz CT molecular complexity index is 414. The van der Waals surface area contributed by atoms with Crippen LogP contribution in [0.3, 0.4) is 0 Å². The molecule has 0 aliphatic heterocycles. The van der Waals surface area contributed by atoms with E-state index in [4.69, 9.17) is 21.1 Å². The van der Waals surface area contributed by atoms with E-state index in [-0.39, 0.29) is 0 Å². The van der Waals surface area contributed by atoms with Gasteiger partial charge in [0.15, 0.2) is 11.5 Å². The van der Waals surface area contributed by atoms with Gasteiger partial charge in [0.25, 0.3) is 0 Å². The van der Waals surface area contributed by atoms with Crippen LogP contribution in [0.1, 0.15) is 37.4 Å². The molecule has 2 rings (SSSR count). The lowest BCUT2D eigenvalue weighted by Gasteiger charge is -2.21. The summed E-state index contributed by atoms with van der Waals surface area (Å²) in [5.74, 6) is 1.39. The lowest BCUT2D eigenvalue weighted by molar-refractivity contribution is 0.111. The summed E-state index contributed by atoms with van der Waals surface area (Å²) in [7, 11) is 3.12. The first-order chi connectivity index (χ1) is 8.69. The van der Waals surface area contributed by atoms with E-state index >= 15 is 0 Å². The molecular formula is C14H19ClO3. The molecule has 0 radical (unpaired) electrons. The third-order valence-corrected chi connectivity index (χ3v) is 4.07. The lowest BCUT2D eigenvalue weighted by atomic mass is 9.94. The van der Waals surface area contributed by atoms with E-state index in [0.29, 0.717) is 22.4 Å². The highest BCUT2D eigenvalue weighted by atomic mass is 35.5. The maximum absolute atomic E-state index is 10.4. The fraction of sp³-hybridized carbons (Fsp3) is 0.571. The van der Waals surface area contributed by atoms with Gasteiger partial charge in [0.2, 0.25) is 0 Å². The van der Waals surface area contributed by atoms with Crippen molar-refractivity contribution < 1.29 is 14.6 Å². The highest BCUT2D eigenvalue weighted by Gasteiger charge is 2.27. The summed E-state index contributed by atoms with van der Waals surface area (Å²) in [6.45, 7) is 0. The van der Waals surface area contributed by atoms with Crippen molar-refractivity contribution in [1.29, 1.82) is 0 Å². The first-order valence-corrected chi connectivity index (χ1v) is 6.65. The monoisotopic (exact) mass is 270 g/mol. The van der Waals surface area contributed by atoms with Crippen molar-refractivity contribution >= 4 is 11.6 Å². The summed E-state index contributed by atoms with van der Waals surface area (Å²) in [6.07, 6.45) is 3.98. The average molecular weight is 271 g/mol. The van der Waals surface area contributed by atoms with Gasteiger partial charge in [-0.25, -0.2) is 0 Å². The summed E-state index contributed by atoms with van der Waals surface area (Å²) in [6, 6.07) is 3.62. The topological polar surface area (TPSA) is 38.7 Å². The summed E-state index contributed by atoms with van der Waals surface area (Å²) in [5, 5.41) is 10.9. The van der Waals surface area contributed by atoms with Crippen LogP contribution in [-0.2, 0) is 0 Å². The zero-order valence-electron chi connectivity index (χ0n) is 10.8. The summed E-state index contributed by atoms with van der Waals surface area (Å²) in [4.78, 5) is 0. The maximum Gasteiger partial charge on any atom is 0.179 e. The summed E-state index contributed by atoms with van der Waals surface area (Å²) >= 11 is 6.30. The second-order valence-electron chi connectivity index (χ2n) is 4.69. The van der Waals surface area contributed by atoms with Crippen LogP contribution >= 0.6 is 11.6 Å². The summed E-state index contributed by atoms with van der Waals surface area (Å²) < 4.78 is 10.4. The molecule has 100 valence electrons. The third kappa shape index (κ3) is 2.43. The molecule has 1 unspecified atom stereocenters. The third-order valence-electron chi connectivity index (χ3n) is 3.68. The van der Waals surface area contributed by atoms with Crippen LogP contribution in [0.4, 0.5) is 0 Å². The van der Waals surface area contributed by atoms with Crippen LogP contribution in [0.5, 0.6) is 11.5 Å². The number of hydrogen-bond donors (Lipinski definition) is 1. The lowest BCUT2D eigenvalue weighted by Crippen LogP contribution is -2.10. The molecule has 1 saturated carbocycles. The zero-order chi connectivity index (χ0) is 13.1. The molecule has 1 aromatic carbocycles. The van der Waals surface area contributed by atoms with Crippen LogP contribution in [-0.4, -0.2) is 19.3 Å². The maximum atomic E-state index is 10.4. The second kappa shape index (κ2) is 5.81. The Labute approximate surface area is 113 Å². The van der Waals surface area contributed by atoms with Gasteiger partial charge in [-0.2, -0.15) is 0 Å². The highest BCUT2D eigenvalue weighted by molar-refractivity contribution is 6.33. The second-order valence-corrected chi connectivity index (χ2v) is 5.07. The van der Waals surface area contributed by atoms with Crippen molar-refractivity contribution in [2.24, 2.45) is 5.92 Å². The minimum atomic E-state index is -0.514. The van der Waals surface area contributed by atoms with Gasteiger partial charge in [0.05, 0.1) is 25.3 Å². The first kappa shape index (κ1) is 13.5. The predicted molar refractivity (Wildman–Crippen MR) is 71.5 cm³/mol. The van der Waals surface area contributed by atoms with Gasteiger partial charge in [-0.05, 0) is 24.8 Å². The Morgan fingerprint density at radius 1 is 1.22 bits per heavy atom. The Hall–Kier alpha value is -0.930. The van der Waals surface area contributed by atoms with Gasteiger partial charge in [-0.3, -0.25) is 0 Å². The number of benzene rings is 1. The van der Waals surface area contributed by atoms with E-state index in [2.05, 4.69) is 0 Å². The quantitative estimate of drug-likeness (QED) is 0.909. The molecule has 0 amide bonds. The molecule has 18 heavy (non-hydrogen) atoms. The molecular weight excluding hydrogens is 252 g/mol. The first-order valence-electron chi connectivity index (χ1n) is 6.27. The zero-order valence-corrected chi connectivity index (χ0v) is 11.5. The number of rotatable bonds is 4. The smallest absolute Gasteiger partial charge is 0.179 e. The van der Waals surface area contributed by atoms with Crippen molar-refractivity contribution in [3.8, 4) is 11.5 Å². The normalized spacial score (nSPS) is 17.8. The standard InChI is InChI=1S/C14H19ClO3/c1-17-11-8-7-10(12(15)14(11)18-2)13(16)9-5-3-4-6-9/h7-9,13,16H,3-6H2,1-2H3. The SMILES string of the molecule is COc1ccc(C(O)C2CCCC2)c(Cl)c1OC. The van der Waals surface area contributed by atoms with Crippen LogP contribution in [0, 0.1) is 5.92 Å². The van der Waals surface area contributed by atoms with E-state index in [1.54, 1.807) is 20.3 Å². The summed E-state index contributed by atoms with van der Waals surface area (Å²) in [5.41, 5.74) is 0.737. The van der Waals surface area contributed by atoms with E-state index in [0.717, 1.165) is 18.4 Å². The molecule has 0 heterocycles. The molecule has 4 heteroatoms. The largest absolute Gasteiger partial charge is 0.493 e. The predicted octanol–water partition coefficient (Wildman–Crippen LogP) is 3.58. The van der Waals surface area contributed by atoms with Crippen LogP contribution in [0.2, 0.25) is 5.02 Å². The Balaban J connectivity index is 2.32. The Kier molecular flexibility index (Phi) is 4.36. The van der Waals surface area contributed by atoms with Gasteiger partial charge in [-0.1, -0.05) is 30.5 Å². The number of hydrogen-bond acceptors (Lipinski definition) is 3. The molecule has 1 aromatic rings. The van der Waals surface area contributed by atoms with Crippen molar-refractivity contribution in [2.75, 3.05) is 14.2 Å². The Morgan fingerprint density at radius 3 is 2.44 bits per heavy atom. The van der Waals surface area contributed by atoms with Crippen molar-refractivity contribution in [3.05, 3.63) is 22.7 Å². The van der Waals surface area contributed by atoms with Crippen LogP contribution in [0.15, 0.2) is 12.1 Å². The molecule has 0 saturated heterocycles. The Morgan fingerprint density at radius 2 is 1.89 bits per heavy atom. The van der Waals surface area contributed by atoms with Crippen molar-refractivity contribution in [3.63, 3.8) is 0 Å².